The van der Waals surface area contributed by atoms with Gasteiger partial charge in [0.2, 0.25) is 10.0 Å². The van der Waals surface area contributed by atoms with Crippen molar-refractivity contribution in [1.82, 2.24) is 9.29 Å². The maximum absolute atomic E-state index is 12.8. The quantitative estimate of drug-likeness (QED) is 0.500. The van der Waals surface area contributed by atoms with Crippen molar-refractivity contribution in [2.45, 2.75) is 40.3 Å². The van der Waals surface area contributed by atoms with E-state index in [0.29, 0.717) is 19.2 Å². The van der Waals surface area contributed by atoms with Crippen LogP contribution in [0, 0.1) is 10.1 Å². The molecule has 1 saturated heterocycles. The molecule has 1 aromatic carbocycles. The summed E-state index contributed by atoms with van der Waals surface area (Å²) in [7, 11) is -3.67. The summed E-state index contributed by atoms with van der Waals surface area (Å²) >= 11 is 0.788. The predicted molar refractivity (Wildman–Crippen MR) is 99.1 cm³/mol. The van der Waals surface area contributed by atoms with Crippen LogP contribution in [0.3, 0.4) is 0 Å². The Bertz CT molecular complexity index is 1010. The van der Waals surface area contributed by atoms with Gasteiger partial charge in [-0.05, 0) is 37.1 Å². The van der Waals surface area contributed by atoms with E-state index in [0.717, 1.165) is 49.4 Å². The minimum Gasteiger partial charge on any atom is -0.258 e. The van der Waals surface area contributed by atoms with E-state index >= 15 is 0 Å². The van der Waals surface area contributed by atoms with Gasteiger partial charge in [0, 0.05) is 25.4 Å². The molecular weight excluding hydrogens is 431 g/mol. The van der Waals surface area contributed by atoms with E-state index < -0.39 is 32.4 Å². The van der Waals surface area contributed by atoms with Gasteiger partial charge < -0.3 is 0 Å². The van der Waals surface area contributed by atoms with Gasteiger partial charge >= 0.3 is 6.18 Å². The fraction of sp³-hybridized carbons (Fsp3) is 0.353. The molecule has 2 heterocycles. The third-order valence-corrected chi connectivity index (χ3v) is 7.26. The Morgan fingerprint density at radius 3 is 2.34 bits per heavy atom. The van der Waals surface area contributed by atoms with Gasteiger partial charge in [-0.2, -0.15) is 17.5 Å². The molecule has 0 unspecified atom stereocenters. The lowest BCUT2D eigenvalue weighted by Crippen LogP contribution is -2.35. The summed E-state index contributed by atoms with van der Waals surface area (Å²) in [5, 5.41) is 11.4. The average Bonchev–Trinajstić information content (AvgIpc) is 2.68. The van der Waals surface area contributed by atoms with E-state index in [1.807, 2.05) is 0 Å². The van der Waals surface area contributed by atoms with Crippen molar-refractivity contribution in [2.24, 2.45) is 0 Å². The van der Waals surface area contributed by atoms with Crippen LogP contribution < -0.4 is 0 Å². The zero-order chi connectivity index (χ0) is 21.2. The fourth-order valence-electron chi connectivity index (χ4n) is 2.87. The summed E-state index contributed by atoms with van der Waals surface area (Å²) in [5.74, 6) is 0. The van der Waals surface area contributed by atoms with Crippen LogP contribution in [-0.2, 0) is 16.2 Å². The number of aromatic nitrogens is 1. The van der Waals surface area contributed by atoms with E-state index in [2.05, 4.69) is 4.98 Å². The zero-order valence-electron chi connectivity index (χ0n) is 14.9. The van der Waals surface area contributed by atoms with E-state index in [9.17, 15) is 31.7 Å². The number of pyridine rings is 1. The van der Waals surface area contributed by atoms with Gasteiger partial charge in [-0.1, -0.05) is 18.2 Å². The molecule has 0 spiro atoms. The minimum atomic E-state index is -4.70. The highest BCUT2D eigenvalue weighted by molar-refractivity contribution is 7.99. The van der Waals surface area contributed by atoms with Gasteiger partial charge in [-0.3, -0.25) is 10.1 Å². The third kappa shape index (κ3) is 4.87. The molecular formula is C17H16F3N3O4S2. The first-order valence-electron chi connectivity index (χ1n) is 8.59. The van der Waals surface area contributed by atoms with Crippen LogP contribution in [0.2, 0.25) is 0 Å². The maximum Gasteiger partial charge on any atom is 0.416 e. The first kappa shape index (κ1) is 21.5. The third-order valence-electron chi connectivity index (χ3n) is 4.36. The molecule has 0 bridgehead atoms. The summed E-state index contributed by atoms with van der Waals surface area (Å²) in [6.07, 6.45) is -0.985. The molecule has 156 valence electrons. The topological polar surface area (TPSA) is 93.4 Å². The lowest BCUT2D eigenvalue weighted by molar-refractivity contribution is -0.388. The molecule has 1 fully saturated rings. The van der Waals surface area contributed by atoms with Crippen molar-refractivity contribution in [3.05, 3.63) is 52.2 Å². The second-order valence-corrected chi connectivity index (χ2v) is 9.34. The van der Waals surface area contributed by atoms with Crippen LogP contribution in [0.1, 0.15) is 24.8 Å². The number of nitro groups is 1. The van der Waals surface area contributed by atoms with Gasteiger partial charge in [0.15, 0.2) is 0 Å². The molecule has 0 amide bonds. The molecule has 0 radical (unpaired) electrons. The second-order valence-electron chi connectivity index (χ2n) is 6.34. The number of rotatable bonds is 5. The molecule has 0 N–H and O–H groups in total. The standard InChI is InChI=1S/C17H16F3N3O4S2/c18-17(19,20)12-4-6-15(14(10-12)23(24)25)28-16-7-5-13(11-21-16)29(26,27)22-8-2-1-3-9-22/h4-7,10-11H,1-3,8-9H2. The van der Waals surface area contributed by atoms with E-state index in [1.54, 1.807) is 0 Å². The first-order chi connectivity index (χ1) is 13.6. The van der Waals surface area contributed by atoms with E-state index in [4.69, 9.17) is 0 Å². The molecule has 3 rings (SSSR count). The highest BCUT2D eigenvalue weighted by Gasteiger charge is 2.33. The van der Waals surface area contributed by atoms with Gasteiger partial charge in [0.25, 0.3) is 5.69 Å². The molecule has 7 nitrogen and oxygen atoms in total. The Hall–Kier alpha value is -2.18. The smallest absolute Gasteiger partial charge is 0.258 e. The lowest BCUT2D eigenvalue weighted by atomic mass is 10.2. The molecule has 29 heavy (non-hydrogen) atoms. The Labute approximate surface area is 169 Å². The number of nitro benzene ring substituents is 1. The predicted octanol–water partition coefficient (Wildman–Crippen LogP) is 4.33. The van der Waals surface area contributed by atoms with Crippen LogP contribution in [-0.4, -0.2) is 35.7 Å². The van der Waals surface area contributed by atoms with E-state index in [1.165, 1.54) is 16.4 Å². The summed E-state index contributed by atoms with van der Waals surface area (Å²) in [4.78, 5) is 14.3. The molecule has 0 atom stereocenters. The Morgan fingerprint density at radius 1 is 1.10 bits per heavy atom. The van der Waals surface area contributed by atoms with Crippen molar-refractivity contribution >= 4 is 27.5 Å². The van der Waals surface area contributed by atoms with Crippen molar-refractivity contribution < 1.29 is 26.5 Å². The average molecular weight is 447 g/mol. The highest BCUT2D eigenvalue weighted by atomic mass is 32.2. The zero-order valence-corrected chi connectivity index (χ0v) is 16.6. The number of alkyl halides is 3. The van der Waals surface area contributed by atoms with Crippen LogP contribution in [0.15, 0.2) is 51.3 Å². The van der Waals surface area contributed by atoms with Crippen molar-refractivity contribution in [3.8, 4) is 0 Å². The monoisotopic (exact) mass is 447 g/mol. The largest absolute Gasteiger partial charge is 0.416 e. The van der Waals surface area contributed by atoms with Crippen molar-refractivity contribution in [1.29, 1.82) is 0 Å². The normalized spacial score (nSPS) is 16.0. The van der Waals surface area contributed by atoms with Gasteiger partial charge in [0.1, 0.15) is 9.92 Å². The number of nitrogens with zero attached hydrogens (tertiary/aromatic N) is 3. The van der Waals surface area contributed by atoms with Crippen LogP contribution in [0.4, 0.5) is 18.9 Å². The highest BCUT2D eigenvalue weighted by Crippen LogP contribution is 2.38. The van der Waals surface area contributed by atoms with Crippen LogP contribution >= 0.6 is 11.8 Å². The maximum atomic E-state index is 12.8. The Kier molecular flexibility index (Phi) is 6.15. The summed E-state index contributed by atoms with van der Waals surface area (Å²) < 4.78 is 65.0. The van der Waals surface area contributed by atoms with Gasteiger partial charge in [0.05, 0.1) is 15.4 Å². The molecule has 1 aromatic heterocycles. The molecule has 0 saturated carbocycles. The Morgan fingerprint density at radius 2 is 1.79 bits per heavy atom. The van der Waals surface area contributed by atoms with Crippen LogP contribution in [0.5, 0.6) is 0 Å². The van der Waals surface area contributed by atoms with Crippen molar-refractivity contribution in [2.75, 3.05) is 13.1 Å². The summed E-state index contributed by atoms with van der Waals surface area (Å²) in [6, 6.07) is 4.95. The van der Waals surface area contributed by atoms with Crippen LogP contribution in [0.25, 0.3) is 0 Å². The Balaban J connectivity index is 1.84. The second kappa shape index (κ2) is 8.28. The van der Waals surface area contributed by atoms with Crippen molar-refractivity contribution in [3.63, 3.8) is 0 Å². The summed E-state index contributed by atoms with van der Waals surface area (Å²) in [5.41, 5.74) is -1.82. The minimum absolute atomic E-state index is 0.00525. The fourth-order valence-corrected chi connectivity index (χ4v) is 5.17. The number of sulfonamides is 1. The molecule has 12 heteroatoms. The number of benzene rings is 1. The molecule has 1 aliphatic rings. The lowest BCUT2D eigenvalue weighted by Gasteiger charge is -2.25. The number of piperidine rings is 1. The number of hydrogen-bond acceptors (Lipinski definition) is 6. The van der Waals surface area contributed by atoms with Gasteiger partial charge in [-0.25, -0.2) is 13.4 Å². The molecule has 1 aliphatic heterocycles. The van der Waals surface area contributed by atoms with Gasteiger partial charge in [-0.15, -0.1) is 0 Å². The summed E-state index contributed by atoms with van der Waals surface area (Å²) in [6.45, 7) is 0.882. The van der Waals surface area contributed by atoms with E-state index in [-0.39, 0.29) is 14.8 Å². The molecule has 0 aliphatic carbocycles. The number of hydrogen-bond donors (Lipinski definition) is 0. The number of halogens is 3. The first-order valence-corrected chi connectivity index (χ1v) is 10.8. The molecule has 2 aromatic rings. The SMILES string of the molecule is O=[N+]([O-])c1cc(C(F)(F)F)ccc1Sc1ccc(S(=O)(=O)N2CCCCC2)cn1.